The van der Waals surface area contributed by atoms with Gasteiger partial charge in [0.2, 0.25) is 0 Å². The summed E-state index contributed by atoms with van der Waals surface area (Å²) < 4.78 is 0. The maximum Gasteiger partial charge on any atom is 0.0928 e. The summed E-state index contributed by atoms with van der Waals surface area (Å²) in [4.78, 5) is 0. The maximum atomic E-state index is 4.09. The molecule has 0 radical (unpaired) electrons. The molecule has 0 bridgehead atoms. The van der Waals surface area contributed by atoms with Crippen molar-refractivity contribution in [3.63, 3.8) is 0 Å². The van der Waals surface area contributed by atoms with Crippen molar-refractivity contribution < 1.29 is 0 Å². The van der Waals surface area contributed by atoms with Crippen LogP contribution in [0.5, 0.6) is 0 Å². The summed E-state index contributed by atoms with van der Waals surface area (Å²) in [6.07, 6.45) is 9.87. The van der Waals surface area contributed by atoms with Gasteiger partial charge in [0, 0.05) is 6.21 Å². The molecule has 2 heteroatoms. The quantitative estimate of drug-likeness (QED) is 0.431. The highest BCUT2D eigenvalue weighted by molar-refractivity contribution is 6.12. The first-order valence-electron chi connectivity index (χ1n) is 4.36. The topological polar surface area (TPSA) is 24.7 Å². The number of hydrogen-bond donors (Lipinski definition) is 0. The average molecular weight is 174 g/mol. The smallest absolute Gasteiger partial charge is 0.0928 e. The zero-order valence-corrected chi connectivity index (χ0v) is 8.28. The fourth-order valence-electron chi connectivity index (χ4n) is 1.10. The van der Waals surface area contributed by atoms with E-state index in [9.17, 15) is 0 Å². The van der Waals surface area contributed by atoms with E-state index < -0.39 is 0 Å². The molecule has 0 amide bonds. The molecule has 0 fully saturated rings. The highest BCUT2D eigenvalue weighted by atomic mass is 15.2. The number of allylic oxidation sites excluding steroid dienone is 6. The zero-order chi connectivity index (χ0) is 9.68. The first-order valence-corrected chi connectivity index (χ1v) is 4.36. The Morgan fingerprint density at radius 2 is 2.00 bits per heavy atom. The van der Waals surface area contributed by atoms with E-state index in [-0.39, 0.29) is 0 Å². The van der Waals surface area contributed by atoms with Crippen LogP contribution in [-0.4, -0.2) is 11.9 Å². The predicted molar refractivity (Wildman–Crippen MR) is 58.3 cm³/mol. The summed E-state index contributed by atoms with van der Waals surface area (Å²) >= 11 is 0. The third-order valence-electron chi connectivity index (χ3n) is 1.78. The first kappa shape index (κ1) is 9.65. The second-order valence-corrected chi connectivity index (χ2v) is 2.82. The Hall–Kier alpha value is -1.44. The third kappa shape index (κ3) is 2.51. The van der Waals surface area contributed by atoms with Gasteiger partial charge in [-0.1, -0.05) is 18.2 Å². The predicted octanol–water partition coefficient (Wildman–Crippen LogP) is 2.90. The van der Waals surface area contributed by atoms with Crippen LogP contribution >= 0.6 is 0 Å². The SMILES string of the molecule is C\C=N/N=C1/C=C(C)C=C/C1=C/C. The van der Waals surface area contributed by atoms with Crippen LogP contribution in [0.4, 0.5) is 0 Å². The molecule has 1 aliphatic rings. The van der Waals surface area contributed by atoms with E-state index in [1.807, 2.05) is 32.9 Å². The Balaban J connectivity index is 3.00. The molecule has 0 spiro atoms. The number of rotatable bonds is 1. The van der Waals surface area contributed by atoms with Crippen molar-refractivity contribution in [2.75, 3.05) is 0 Å². The van der Waals surface area contributed by atoms with Gasteiger partial charge in [-0.3, -0.25) is 0 Å². The van der Waals surface area contributed by atoms with Crippen LogP contribution in [0.2, 0.25) is 0 Å². The highest BCUT2D eigenvalue weighted by Gasteiger charge is 2.04. The van der Waals surface area contributed by atoms with Crippen LogP contribution in [0, 0.1) is 0 Å². The lowest BCUT2D eigenvalue weighted by atomic mass is 10.0. The lowest BCUT2D eigenvalue weighted by molar-refractivity contribution is 1.24. The molecular formula is C11H14N2. The minimum Gasteiger partial charge on any atom is -0.163 e. The highest BCUT2D eigenvalue weighted by Crippen LogP contribution is 2.13. The van der Waals surface area contributed by atoms with Crippen LogP contribution in [0.25, 0.3) is 0 Å². The Labute approximate surface area is 79.1 Å². The minimum absolute atomic E-state index is 0.931. The minimum atomic E-state index is 0.931. The van der Waals surface area contributed by atoms with Gasteiger partial charge < -0.3 is 0 Å². The summed E-state index contributed by atoms with van der Waals surface area (Å²) in [6.45, 7) is 5.90. The van der Waals surface area contributed by atoms with Gasteiger partial charge in [-0.05, 0) is 38.0 Å². The standard InChI is InChI=1S/C11H14N2/c1-4-10-7-6-9(3)8-11(10)13-12-5-2/h4-8H,1-3H3/b10-4-,12-5-,13-11-. The fourth-order valence-corrected chi connectivity index (χ4v) is 1.10. The molecule has 0 saturated carbocycles. The Bertz CT molecular complexity index is 328. The van der Waals surface area contributed by atoms with Gasteiger partial charge >= 0.3 is 0 Å². The van der Waals surface area contributed by atoms with E-state index in [1.165, 1.54) is 5.57 Å². The maximum absolute atomic E-state index is 4.09. The summed E-state index contributed by atoms with van der Waals surface area (Å²) in [6, 6.07) is 0. The summed E-state index contributed by atoms with van der Waals surface area (Å²) in [5.74, 6) is 0. The molecule has 0 aromatic carbocycles. The van der Waals surface area contributed by atoms with Crippen molar-refractivity contribution in [3.05, 3.63) is 35.5 Å². The van der Waals surface area contributed by atoms with Crippen LogP contribution in [0.1, 0.15) is 20.8 Å². The van der Waals surface area contributed by atoms with Gasteiger partial charge in [-0.2, -0.15) is 10.2 Å². The van der Waals surface area contributed by atoms with Crippen molar-refractivity contribution in [1.29, 1.82) is 0 Å². The van der Waals surface area contributed by atoms with Gasteiger partial charge in [-0.15, -0.1) is 0 Å². The summed E-state index contributed by atoms with van der Waals surface area (Å²) in [5.41, 5.74) is 3.26. The lowest BCUT2D eigenvalue weighted by Crippen LogP contribution is -2.01. The fraction of sp³-hybridized carbons (Fsp3) is 0.273. The molecule has 1 rings (SSSR count). The van der Waals surface area contributed by atoms with E-state index in [4.69, 9.17) is 0 Å². The van der Waals surface area contributed by atoms with E-state index in [0.717, 1.165) is 11.3 Å². The molecule has 0 unspecified atom stereocenters. The average Bonchev–Trinajstić information content (AvgIpc) is 2.15. The number of hydrogen-bond acceptors (Lipinski definition) is 2. The van der Waals surface area contributed by atoms with Gasteiger partial charge in [0.1, 0.15) is 0 Å². The second-order valence-electron chi connectivity index (χ2n) is 2.82. The normalized spacial score (nSPS) is 23.2. The van der Waals surface area contributed by atoms with Crippen LogP contribution in [0.3, 0.4) is 0 Å². The Kier molecular flexibility index (Phi) is 3.38. The lowest BCUT2D eigenvalue weighted by Gasteiger charge is -2.06. The van der Waals surface area contributed by atoms with Crippen LogP contribution < -0.4 is 0 Å². The summed E-state index contributed by atoms with van der Waals surface area (Å²) in [7, 11) is 0. The monoisotopic (exact) mass is 174 g/mol. The van der Waals surface area contributed by atoms with E-state index >= 15 is 0 Å². The van der Waals surface area contributed by atoms with Crippen molar-refractivity contribution >= 4 is 11.9 Å². The van der Waals surface area contributed by atoms with Gasteiger partial charge in [0.05, 0.1) is 5.71 Å². The molecular weight excluding hydrogens is 160 g/mol. The van der Waals surface area contributed by atoms with Gasteiger partial charge in [0.25, 0.3) is 0 Å². The third-order valence-corrected chi connectivity index (χ3v) is 1.78. The largest absolute Gasteiger partial charge is 0.163 e. The molecule has 0 saturated heterocycles. The van der Waals surface area contributed by atoms with E-state index in [2.05, 4.69) is 22.4 Å². The van der Waals surface area contributed by atoms with Crippen LogP contribution in [0.15, 0.2) is 45.7 Å². The molecule has 0 atom stereocenters. The van der Waals surface area contributed by atoms with Crippen molar-refractivity contribution in [1.82, 2.24) is 0 Å². The molecule has 0 aromatic rings. The molecule has 2 nitrogen and oxygen atoms in total. The molecule has 0 N–H and O–H groups in total. The van der Waals surface area contributed by atoms with Crippen molar-refractivity contribution in [2.24, 2.45) is 10.2 Å². The van der Waals surface area contributed by atoms with Gasteiger partial charge in [-0.25, -0.2) is 0 Å². The van der Waals surface area contributed by atoms with E-state index in [0.29, 0.717) is 0 Å². The Morgan fingerprint density at radius 1 is 1.23 bits per heavy atom. The molecule has 1 aliphatic carbocycles. The van der Waals surface area contributed by atoms with Gasteiger partial charge in [0.15, 0.2) is 0 Å². The molecule has 68 valence electrons. The first-order chi connectivity index (χ1) is 6.27. The Morgan fingerprint density at radius 3 is 2.62 bits per heavy atom. The van der Waals surface area contributed by atoms with Crippen molar-refractivity contribution in [2.45, 2.75) is 20.8 Å². The molecule has 0 heterocycles. The van der Waals surface area contributed by atoms with E-state index in [1.54, 1.807) is 6.21 Å². The number of nitrogens with zero attached hydrogens (tertiary/aromatic N) is 2. The summed E-state index contributed by atoms with van der Waals surface area (Å²) in [5, 5.41) is 7.97. The van der Waals surface area contributed by atoms with Crippen molar-refractivity contribution in [3.8, 4) is 0 Å². The van der Waals surface area contributed by atoms with Crippen LogP contribution in [-0.2, 0) is 0 Å². The zero-order valence-electron chi connectivity index (χ0n) is 8.28. The molecule has 13 heavy (non-hydrogen) atoms. The molecule has 0 aromatic heterocycles. The molecule has 0 aliphatic heterocycles. The second kappa shape index (κ2) is 4.55.